The zero-order chi connectivity index (χ0) is 13.8. The Balaban J connectivity index is 2.53. The number of hydrogen-bond donors (Lipinski definition) is 0. The second-order valence-corrected chi connectivity index (χ2v) is 4.27. The van der Waals surface area contributed by atoms with Gasteiger partial charge in [0.2, 0.25) is 0 Å². The van der Waals surface area contributed by atoms with E-state index in [0.717, 1.165) is 18.7 Å². The molecule has 100 valence electrons. The van der Waals surface area contributed by atoms with E-state index in [4.69, 9.17) is 4.42 Å². The summed E-state index contributed by atoms with van der Waals surface area (Å²) in [4.78, 5) is 18.2. The highest BCUT2D eigenvalue weighted by molar-refractivity contribution is 5.64. The topological polar surface area (TPSA) is 46.3 Å². The van der Waals surface area contributed by atoms with Gasteiger partial charge in [-0.3, -0.25) is 4.79 Å². The van der Waals surface area contributed by atoms with E-state index in [-0.39, 0.29) is 5.56 Å². The van der Waals surface area contributed by atoms with Gasteiger partial charge >= 0.3 is 6.01 Å². The summed E-state index contributed by atoms with van der Waals surface area (Å²) in [6.07, 6.45) is 0. The fourth-order valence-corrected chi connectivity index (χ4v) is 2.07. The Morgan fingerprint density at radius 2 is 1.79 bits per heavy atom. The molecule has 0 aliphatic carbocycles. The van der Waals surface area contributed by atoms with Gasteiger partial charge in [-0.15, -0.1) is 0 Å². The maximum Gasteiger partial charge on any atom is 0.300 e. The Labute approximate surface area is 112 Å². The lowest BCUT2D eigenvalue weighted by Gasteiger charge is -2.18. The maximum absolute atomic E-state index is 12.2. The van der Waals surface area contributed by atoms with Gasteiger partial charge in [-0.1, -0.05) is 30.3 Å². The fourth-order valence-electron chi connectivity index (χ4n) is 2.07. The van der Waals surface area contributed by atoms with Crippen LogP contribution in [0.5, 0.6) is 0 Å². The van der Waals surface area contributed by atoms with Gasteiger partial charge in [-0.05, 0) is 26.3 Å². The number of aromatic nitrogens is 1. The van der Waals surface area contributed by atoms with Crippen molar-refractivity contribution in [3.63, 3.8) is 0 Å². The van der Waals surface area contributed by atoms with Gasteiger partial charge in [0.05, 0.1) is 5.56 Å². The number of anilines is 1. The molecule has 0 atom stereocenters. The molecule has 0 unspecified atom stereocenters. The molecule has 2 rings (SSSR count). The molecule has 4 nitrogen and oxygen atoms in total. The lowest BCUT2D eigenvalue weighted by molar-refractivity contribution is 0.485. The van der Waals surface area contributed by atoms with E-state index in [0.29, 0.717) is 17.3 Å². The molecule has 0 spiro atoms. The monoisotopic (exact) mass is 258 g/mol. The van der Waals surface area contributed by atoms with Crippen LogP contribution in [0.4, 0.5) is 6.01 Å². The average molecular weight is 258 g/mol. The summed E-state index contributed by atoms with van der Waals surface area (Å²) in [5, 5.41) is 0. The SMILES string of the molecule is CCN(CC)c1nc(=O)c(-c2ccccc2)c(C)o1. The van der Waals surface area contributed by atoms with Crippen molar-refractivity contribution in [3.05, 3.63) is 46.4 Å². The highest BCUT2D eigenvalue weighted by Gasteiger charge is 2.15. The smallest absolute Gasteiger partial charge is 0.300 e. The predicted octanol–water partition coefficient (Wildman–Crippen LogP) is 2.86. The fraction of sp³-hybridized carbons (Fsp3) is 0.333. The van der Waals surface area contributed by atoms with Crippen LogP contribution in [0.2, 0.25) is 0 Å². The molecule has 2 aromatic rings. The van der Waals surface area contributed by atoms with Crippen molar-refractivity contribution in [3.8, 4) is 11.1 Å². The summed E-state index contributed by atoms with van der Waals surface area (Å²) in [5.74, 6) is 0.605. The molecule has 19 heavy (non-hydrogen) atoms. The predicted molar refractivity (Wildman–Crippen MR) is 76.5 cm³/mol. The summed E-state index contributed by atoms with van der Waals surface area (Å²) in [6, 6.07) is 9.87. The summed E-state index contributed by atoms with van der Waals surface area (Å²) in [7, 11) is 0. The summed E-state index contributed by atoms with van der Waals surface area (Å²) in [5.41, 5.74) is 1.14. The third kappa shape index (κ3) is 2.67. The molecule has 1 aromatic heterocycles. The van der Waals surface area contributed by atoms with Gasteiger partial charge in [0, 0.05) is 13.1 Å². The molecule has 0 saturated carbocycles. The Hall–Kier alpha value is -2.10. The minimum absolute atomic E-state index is 0.239. The van der Waals surface area contributed by atoms with Gasteiger partial charge in [0.1, 0.15) is 5.76 Å². The molecule has 0 aliphatic rings. The highest BCUT2D eigenvalue weighted by Crippen LogP contribution is 2.21. The van der Waals surface area contributed by atoms with E-state index < -0.39 is 0 Å². The van der Waals surface area contributed by atoms with Crippen molar-refractivity contribution >= 4 is 6.01 Å². The van der Waals surface area contributed by atoms with E-state index in [1.54, 1.807) is 6.92 Å². The molecule has 0 aliphatic heterocycles. The zero-order valence-corrected chi connectivity index (χ0v) is 11.5. The highest BCUT2D eigenvalue weighted by atomic mass is 16.4. The molecule has 0 N–H and O–H groups in total. The van der Waals surface area contributed by atoms with Gasteiger partial charge in [-0.25, -0.2) is 0 Å². The van der Waals surface area contributed by atoms with Gasteiger partial charge < -0.3 is 9.32 Å². The first-order valence-corrected chi connectivity index (χ1v) is 6.49. The van der Waals surface area contributed by atoms with E-state index in [2.05, 4.69) is 4.98 Å². The van der Waals surface area contributed by atoms with Crippen molar-refractivity contribution in [2.24, 2.45) is 0 Å². The van der Waals surface area contributed by atoms with Crippen LogP contribution in [-0.2, 0) is 0 Å². The average Bonchev–Trinajstić information content (AvgIpc) is 2.40. The molecule has 0 amide bonds. The van der Waals surface area contributed by atoms with E-state index in [1.165, 1.54) is 0 Å². The first-order valence-electron chi connectivity index (χ1n) is 6.49. The van der Waals surface area contributed by atoms with Crippen molar-refractivity contribution in [1.29, 1.82) is 0 Å². The van der Waals surface area contributed by atoms with Gasteiger partial charge in [-0.2, -0.15) is 4.98 Å². The van der Waals surface area contributed by atoms with Gasteiger partial charge in [0.25, 0.3) is 5.56 Å². The quantitative estimate of drug-likeness (QED) is 0.846. The van der Waals surface area contributed by atoms with Crippen LogP contribution in [0.15, 0.2) is 39.5 Å². The Morgan fingerprint density at radius 3 is 2.32 bits per heavy atom. The maximum atomic E-state index is 12.2. The molecular weight excluding hydrogens is 240 g/mol. The van der Waals surface area contributed by atoms with Crippen LogP contribution in [0.3, 0.4) is 0 Å². The van der Waals surface area contributed by atoms with Crippen LogP contribution in [0.25, 0.3) is 11.1 Å². The second-order valence-electron chi connectivity index (χ2n) is 4.27. The molecule has 1 aromatic carbocycles. The number of benzene rings is 1. The third-order valence-corrected chi connectivity index (χ3v) is 3.10. The molecule has 0 bridgehead atoms. The lowest BCUT2D eigenvalue weighted by atomic mass is 10.1. The molecular formula is C15H18N2O2. The molecule has 4 heteroatoms. The molecule has 0 radical (unpaired) electrons. The first kappa shape index (κ1) is 13.3. The van der Waals surface area contributed by atoms with Crippen molar-refractivity contribution < 1.29 is 4.42 Å². The van der Waals surface area contributed by atoms with Crippen molar-refractivity contribution in [1.82, 2.24) is 4.98 Å². The number of nitrogens with zero attached hydrogens (tertiary/aromatic N) is 2. The van der Waals surface area contributed by atoms with Crippen LogP contribution in [-0.4, -0.2) is 18.1 Å². The normalized spacial score (nSPS) is 10.5. The van der Waals surface area contributed by atoms with Crippen LogP contribution in [0.1, 0.15) is 19.6 Å². The largest absolute Gasteiger partial charge is 0.430 e. The molecule has 0 fully saturated rings. The summed E-state index contributed by atoms with van der Waals surface area (Å²) < 4.78 is 5.70. The zero-order valence-electron chi connectivity index (χ0n) is 11.5. The Morgan fingerprint density at radius 1 is 1.16 bits per heavy atom. The minimum Gasteiger partial charge on any atom is -0.430 e. The standard InChI is InChI=1S/C15H18N2O2/c1-4-17(5-2)15-16-14(18)13(11(3)19-15)12-9-7-6-8-10-12/h6-10H,4-5H2,1-3H3. The third-order valence-electron chi connectivity index (χ3n) is 3.10. The van der Waals surface area contributed by atoms with E-state index >= 15 is 0 Å². The second kappa shape index (κ2) is 5.69. The van der Waals surface area contributed by atoms with Crippen LogP contribution >= 0.6 is 0 Å². The van der Waals surface area contributed by atoms with E-state index in [9.17, 15) is 4.79 Å². The number of hydrogen-bond acceptors (Lipinski definition) is 4. The van der Waals surface area contributed by atoms with Crippen molar-refractivity contribution in [2.45, 2.75) is 20.8 Å². The number of rotatable bonds is 4. The lowest BCUT2D eigenvalue weighted by Crippen LogP contribution is -2.26. The van der Waals surface area contributed by atoms with E-state index in [1.807, 2.05) is 49.1 Å². The Kier molecular flexibility index (Phi) is 4.00. The molecule has 1 heterocycles. The summed E-state index contributed by atoms with van der Waals surface area (Å²) >= 11 is 0. The van der Waals surface area contributed by atoms with Crippen LogP contribution in [0, 0.1) is 6.92 Å². The number of aryl methyl sites for hydroxylation is 1. The summed E-state index contributed by atoms with van der Waals surface area (Å²) in [6.45, 7) is 7.34. The van der Waals surface area contributed by atoms with Crippen LogP contribution < -0.4 is 10.5 Å². The van der Waals surface area contributed by atoms with Gasteiger partial charge in [0.15, 0.2) is 0 Å². The first-order chi connectivity index (χ1) is 9.17. The Bertz CT molecular complexity index is 601. The minimum atomic E-state index is -0.239. The molecule has 0 saturated heterocycles. The van der Waals surface area contributed by atoms with Crippen molar-refractivity contribution in [2.75, 3.05) is 18.0 Å².